The Balaban J connectivity index is 0.00000243. The smallest absolute Gasteiger partial charge is 0.270 e. The monoisotopic (exact) mass is 377 g/mol. The maximum atomic E-state index is 12.7. The van der Waals surface area contributed by atoms with Crippen LogP contribution in [-0.4, -0.2) is 23.4 Å². The second-order valence-corrected chi connectivity index (χ2v) is 6.01. The molecule has 2 aromatic carbocycles. The number of nitro groups is 1. The third-order valence-corrected chi connectivity index (χ3v) is 4.15. The fourth-order valence-electron chi connectivity index (χ4n) is 2.63. The number of carbonyl (C=O) groups excluding carboxylic acids is 1. The maximum absolute atomic E-state index is 12.7. The summed E-state index contributed by atoms with van der Waals surface area (Å²) in [6.45, 7) is 0.334. The summed E-state index contributed by atoms with van der Waals surface area (Å²) in [6, 6.07) is 12.8. The number of halogens is 1. The van der Waals surface area contributed by atoms with Crippen LogP contribution in [0.2, 0.25) is 0 Å². The molecule has 1 aliphatic carbocycles. The number of benzene rings is 2. The lowest BCUT2D eigenvalue weighted by molar-refractivity contribution is -0.384. The molecule has 0 heterocycles. The van der Waals surface area contributed by atoms with Gasteiger partial charge in [0.2, 0.25) is 0 Å². The highest BCUT2D eigenvalue weighted by Gasteiger charge is 2.32. The van der Waals surface area contributed by atoms with Crippen LogP contribution in [0.4, 0.5) is 5.69 Å². The Kier molecular flexibility index (Phi) is 6.54. The van der Waals surface area contributed by atoms with Crippen LogP contribution in [0.5, 0.6) is 11.5 Å². The van der Waals surface area contributed by atoms with Gasteiger partial charge in [0.1, 0.15) is 11.5 Å². The zero-order chi connectivity index (χ0) is 17.8. The molecular weight excluding hydrogens is 358 g/mol. The van der Waals surface area contributed by atoms with Crippen molar-refractivity contribution in [2.75, 3.05) is 6.54 Å². The molecule has 0 saturated heterocycles. The number of amides is 1. The summed E-state index contributed by atoms with van der Waals surface area (Å²) >= 11 is 0. The lowest BCUT2D eigenvalue weighted by Gasteiger charge is -2.17. The van der Waals surface area contributed by atoms with Crippen molar-refractivity contribution in [2.45, 2.75) is 18.9 Å². The van der Waals surface area contributed by atoms with Gasteiger partial charge in [-0.15, -0.1) is 12.4 Å². The fourth-order valence-corrected chi connectivity index (χ4v) is 2.63. The first-order valence-corrected chi connectivity index (χ1v) is 8.10. The van der Waals surface area contributed by atoms with Crippen LogP contribution in [0.25, 0.3) is 0 Å². The summed E-state index contributed by atoms with van der Waals surface area (Å²) in [5.74, 6) is 0.770. The molecule has 1 aliphatic rings. The quantitative estimate of drug-likeness (QED) is 0.568. The van der Waals surface area contributed by atoms with Crippen molar-refractivity contribution >= 4 is 24.0 Å². The van der Waals surface area contributed by atoms with E-state index in [0.717, 1.165) is 12.8 Å². The average Bonchev–Trinajstić information content (AvgIpc) is 3.45. The Labute approximate surface area is 157 Å². The van der Waals surface area contributed by atoms with Crippen molar-refractivity contribution in [1.82, 2.24) is 5.32 Å². The van der Waals surface area contributed by atoms with Crippen LogP contribution in [0.1, 0.15) is 23.2 Å². The standard InChI is InChI=1S/C18H19N3O4.ClH/c19-11-16(12-6-7-12)20-18(22)15-10-13(21(23)24)8-9-17(15)25-14-4-2-1-3-5-14;/h1-5,8-10,12,16H,6-7,11,19H2,(H,20,22);1H. The minimum absolute atomic E-state index is 0. The minimum Gasteiger partial charge on any atom is -0.457 e. The van der Waals surface area contributed by atoms with E-state index in [0.29, 0.717) is 18.2 Å². The topological polar surface area (TPSA) is 107 Å². The predicted octanol–water partition coefficient (Wildman–Crippen LogP) is 3.28. The van der Waals surface area contributed by atoms with E-state index >= 15 is 0 Å². The Hall–Kier alpha value is -2.64. The summed E-state index contributed by atoms with van der Waals surface area (Å²) in [4.78, 5) is 23.2. The van der Waals surface area contributed by atoms with Gasteiger partial charge >= 0.3 is 0 Å². The summed E-state index contributed by atoms with van der Waals surface area (Å²) < 4.78 is 5.74. The van der Waals surface area contributed by atoms with Crippen molar-refractivity contribution in [2.24, 2.45) is 11.7 Å². The Morgan fingerprint density at radius 2 is 1.96 bits per heavy atom. The van der Waals surface area contributed by atoms with E-state index in [1.165, 1.54) is 18.2 Å². The second-order valence-electron chi connectivity index (χ2n) is 6.01. The highest BCUT2D eigenvalue weighted by Crippen LogP contribution is 2.33. The van der Waals surface area contributed by atoms with E-state index in [9.17, 15) is 14.9 Å². The van der Waals surface area contributed by atoms with Crippen LogP contribution in [0, 0.1) is 16.0 Å². The summed E-state index contributed by atoms with van der Waals surface area (Å²) in [5, 5.41) is 13.9. The number of nitrogens with one attached hydrogen (secondary N) is 1. The Morgan fingerprint density at radius 3 is 2.54 bits per heavy atom. The molecule has 0 spiro atoms. The first-order valence-electron chi connectivity index (χ1n) is 8.10. The van der Waals surface area contributed by atoms with Gasteiger partial charge in [0.05, 0.1) is 10.5 Å². The first-order chi connectivity index (χ1) is 12.1. The normalized spacial score (nSPS) is 14.0. The fraction of sp³-hybridized carbons (Fsp3) is 0.278. The second kappa shape index (κ2) is 8.64. The Morgan fingerprint density at radius 1 is 1.27 bits per heavy atom. The summed E-state index contributed by atoms with van der Waals surface area (Å²) in [6.07, 6.45) is 2.06. The number of ether oxygens (including phenoxy) is 1. The van der Waals surface area contributed by atoms with E-state index in [-0.39, 0.29) is 35.4 Å². The lowest BCUT2D eigenvalue weighted by atomic mass is 10.1. The lowest BCUT2D eigenvalue weighted by Crippen LogP contribution is -2.41. The van der Waals surface area contributed by atoms with Gasteiger partial charge < -0.3 is 15.8 Å². The third kappa shape index (κ3) is 4.71. The molecule has 0 bridgehead atoms. The first kappa shape index (κ1) is 19.7. The largest absolute Gasteiger partial charge is 0.457 e. The highest BCUT2D eigenvalue weighted by atomic mass is 35.5. The van der Waals surface area contributed by atoms with Crippen LogP contribution in [-0.2, 0) is 0 Å². The summed E-state index contributed by atoms with van der Waals surface area (Å²) in [7, 11) is 0. The van der Waals surface area contributed by atoms with Crippen LogP contribution >= 0.6 is 12.4 Å². The third-order valence-electron chi connectivity index (χ3n) is 4.15. The number of nitrogens with two attached hydrogens (primary N) is 1. The van der Waals surface area contributed by atoms with Gasteiger partial charge in [-0.1, -0.05) is 18.2 Å². The highest BCUT2D eigenvalue weighted by molar-refractivity contribution is 5.98. The molecule has 26 heavy (non-hydrogen) atoms. The molecule has 0 radical (unpaired) electrons. The van der Waals surface area contributed by atoms with E-state index < -0.39 is 10.8 Å². The van der Waals surface area contributed by atoms with E-state index in [2.05, 4.69) is 5.32 Å². The number of nitrogens with zero attached hydrogens (tertiary/aromatic N) is 1. The van der Waals surface area contributed by atoms with Crippen molar-refractivity contribution in [3.8, 4) is 11.5 Å². The molecule has 0 aliphatic heterocycles. The molecular formula is C18H20ClN3O4. The molecule has 1 saturated carbocycles. The van der Waals surface area contributed by atoms with Crippen LogP contribution in [0.3, 0.4) is 0 Å². The number of non-ortho nitro benzene ring substituents is 1. The van der Waals surface area contributed by atoms with E-state index in [1.54, 1.807) is 24.3 Å². The molecule has 3 N–H and O–H groups in total. The van der Waals surface area contributed by atoms with Crippen molar-refractivity contribution in [1.29, 1.82) is 0 Å². The number of nitro benzene ring substituents is 1. The number of hydrogen-bond donors (Lipinski definition) is 2. The van der Waals surface area contributed by atoms with Gasteiger partial charge in [-0.25, -0.2) is 0 Å². The molecule has 1 atom stereocenters. The molecule has 3 rings (SSSR count). The number of rotatable bonds is 7. The molecule has 7 nitrogen and oxygen atoms in total. The van der Waals surface area contributed by atoms with Crippen LogP contribution in [0.15, 0.2) is 48.5 Å². The van der Waals surface area contributed by atoms with Crippen molar-refractivity contribution < 1.29 is 14.5 Å². The SMILES string of the molecule is Cl.NCC(NC(=O)c1cc([N+](=O)[O-])ccc1Oc1ccccc1)C1CC1. The van der Waals surface area contributed by atoms with Gasteiger partial charge in [0.15, 0.2) is 0 Å². The number of hydrogen-bond acceptors (Lipinski definition) is 5. The maximum Gasteiger partial charge on any atom is 0.270 e. The van der Waals surface area contributed by atoms with Gasteiger partial charge in [-0.05, 0) is 37.0 Å². The van der Waals surface area contributed by atoms with E-state index in [1.807, 2.05) is 6.07 Å². The molecule has 1 fully saturated rings. The average molecular weight is 378 g/mol. The van der Waals surface area contributed by atoms with Crippen LogP contribution < -0.4 is 15.8 Å². The van der Waals surface area contributed by atoms with E-state index in [4.69, 9.17) is 10.5 Å². The molecule has 2 aromatic rings. The number of para-hydroxylation sites is 1. The minimum atomic E-state index is -0.537. The Bertz CT molecular complexity index is 781. The van der Waals surface area contributed by atoms with Gasteiger partial charge in [0, 0.05) is 24.7 Å². The zero-order valence-corrected chi connectivity index (χ0v) is 14.8. The zero-order valence-electron chi connectivity index (χ0n) is 14.0. The number of carbonyl (C=O) groups is 1. The van der Waals surface area contributed by atoms with Gasteiger partial charge in [-0.3, -0.25) is 14.9 Å². The van der Waals surface area contributed by atoms with Gasteiger partial charge in [0.25, 0.3) is 11.6 Å². The van der Waals surface area contributed by atoms with Crippen molar-refractivity contribution in [3.05, 3.63) is 64.2 Å². The summed E-state index contributed by atoms with van der Waals surface area (Å²) in [5.41, 5.74) is 5.68. The van der Waals surface area contributed by atoms with Crippen molar-refractivity contribution in [3.63, 3.8) is 0 Å². The molecule has 138 valence electrons. The molecule has 0 aromatic heterocycles. The predicted molar refractivity (Wildman–Crippen MR) is 99.9 cm³/mol. The molecule has 1 unspecified atom stereocenters. The molecule has 8 heteroatoms. The van der Waals surface area contributed by atoms with Gasteiger partial charge in [-0.2, -0.15) is 0 Å². The molecule has 1 amide bonds.